The molecule has 0 saturated carbocycles. The van der Waals surface area contributed by atoms with Crippen LogP contribution in [0.2, 0.25) is 0 Å². The zero-order valence-corrected chi connectivity index (χ0v) is 12.5. The molecule has 2 aromatic rings. The number of aryl methyl sites for hydroxylation is 1. The fourth-order valence-electron chi connectivity index (χ4n) is 2.76. The third kappa shape index (κ3) is 2.66. The van der Waals surface area contributed by atoms with Gasteiger partial charge in [-0.2, -0.15) is 0 Å². The van der Waals surface area contributed by atoms with Crippen LogP contribution in [0.3, 0.4) is 0 Å². The number of benzene rings is 1. The fraction of sp³-hybridized carbons (Fsp3) is 0.467. The highest BCUT2D eigenvalue weighted by atomic mass is 16.5. The Morgan fingerprint density at radius 1 is 1.24 bits per heavy atom. The van der Waals surface area contributed by atoms with Crippen molar-refractivity contribution in [1.29, 1.82) is 0 Å². The monoisotopic (exact) mass is 289 g/mol. The van der Waals surface area contributed by atoms with Crippen LogP contribution in [0.1, 0.15) is 23.8 Å². The van der Waals surface area contributed by atoms with Gasteiger partial charge in [0.15, 0.2) is 0 Å². The fourth-order valence-corrected chi connectivity index (χ4v) is 2.76. The summed E-state index contributed by atoms with van der Waals surface area (Å²) in [6, 6.07) is 6.51. The second-order valence-electron chi connectivity index (χ2n) is 5.14. The first-order valence-corrected chi connectivity index (χ1v) is 6.98. The molecule has 21 heavy (non-hydrogen) atoms. The molecule has 1 aliphatic rings. The second kappa shape index (κ2) is 5.63. The number of ether oxygens (including phenoxy) is 2. The van der Waals surface area contributed by atoms with E-state index >= 15 is 0 Å². The summed E-state index contributed by atoms with van der Waals surface area (Å²) in [4.78, 5) is 2.11. The summed E-state index contributed by atoms with van der Waals surface area (Å²) in [6.45, 7) is 3.53. The summed E-state index contributed by atoms with van der Waals surface area (Å²) in [7, 11) is 3.37. The molecule has 1 saturated heterocycles. The molecule has 112 valence electrons. The average molecular weight is 289 g/mol. The lowest BCUT2D eigenvalue weighted by Gasteiger charge is -2.16. The van der Waals surface area contributed by atoms with Crippen molar-refractivity contribution < 1.29 is 13.9 Å². The molecule has 6 nitrogen and oxygen atoms in total. The largest absolute Gasteiger partial charge is 0.497 e. The Hall–Kier alpha value is -2.24. The average Bonchev–Trinajstić information content (AvgIpc) is 3.15. The Balaban J connectivity index is 1.82. The third-order valence-electron chi connectivity index (χ3n) is 3.85. The minimum Gasteiger partial charge on any atom is -0.497 e. The van der Waals surface area contributed by atoms with Crippen LogP contribution in [0.15, 0.2) is 22.6 Å². The van der Waals surface area contributed by atoms with Crippen LogP contribution in [0.25, 0.3) is 0 Å². The quantitative estimate of drug-likeness (QED) is 0.861. The number of anilines is 1. The van der Waals surface area contributed by atoms with E-state index in [0.717, 1.165) is 36.6 Å². The summed E-state index contributed by atoms with van der Waals surface area (Å²) in [5.74, 6) is 2.69. The molecule has 0 radical (unpaired) electrons. The van der Waals surface area contributed by atoms with Gasteiger partial charge in [0, 0.05) is 31.5 Å². The smallest absolute Gasteiger partial charge is 0.318 e. The van der Waals surface area contributed by atoms with Gasteiger partial charge in [0.25, 0.3) is 0 Å². The number of hydrogen-bond acceptors (Lipinski definition) is 6. The molecular weight excluding hydrogens is 270 g/mol. The lowest BCUT2D eigenvalue weighted by atomic mass is 9.97. The molecule has 3 rings (SSSR count). The van der Waals surface area contributed by atoms with E-state index in [4.69, 9.17) is 13.9 Å². The van der Waals surface area contributed by atoms with E-state index in [9.17, 15) is 0 Å². The molecule has 0 aliphatic carbocycles. The summed E-state index contributed by atoms with van der Waals surface area (Å²) >= 11 is 0. The normalized spacial score (nSPS) is 18.0. The third-order valence-corrected chi connectivity index (χ3v) is 3.85. The topological polar surface area (TPSA) is 60.6 Å². The first kappa shape index (κ1) is 13.7. The molecule has 1 aromatic heterocycles. The van der Waals surface area contributed by atoms with Gasteiger partial charge in [-0.1, -0.05) is 5.10 Å². The Bertz CT molecular complexity index is 626. The highest BCUT2D eigenvalue weighted by Crippen LogP contribution is 2.37. The lowest BCUT2D eigenvalue weighted by molar-refractivity contribution is 0.396. The van der Waals surface area contributed by atoms with Crippen molar-refractivity contribution in [3.8, 4) is 11.5 Å². The Kier molecular flexibility index (Phi) is 3.68. The van der Waals surface area contributed by atoms with Crippen LogP contribution in [0.5, 0.6) is 11.5 Å². The van der Waals surface area contributed by atoms with Crippen molar-refractivity contribution in [3.05, 3.63) is 29.7 Å². The van der Waals surface area contributed by atoms with Crippen LogP contribution < -0.4 is 14.4 Å². The Morgan fingerprint density at radius 2 is 2.10 bits per heavy atom. The molecule has 0 N–H and O–H groups in total. The number of aromatic nitrogens is 2. The minimum atomic E-state index is 0.363. The summed E-state index contributed by atoms with van der Waals surface area (Å²) < 4.78 is 16.3. The first-order chi connectivity index (χ1) is 10.2. The number of methoxy groups -OCH3 is 2. The van der Waals surface area contributed by atoms with Crippen molar-refractivity contribution in [2.24, 2.45) is 0 Å². The molecule has 6 heteroatoms. The zero-order valence-electron chi connectivity index (χ0n) is 12.5. The molecule has 1 aromatic carbocycles. The van der Waals surface area contributed by atoms with Gasteiger partial charge in [-0.25, -0.2) is 0 Å². The molecule has 0 bridgehead atoms. The van der Waals surface area contributed by atoms with E-state index in [1.807, 2.05) is 18.2 Å². The van der Waals surface area contributed by atoms with E-state index in [2.05, 4.69) is 15.1 Å². The maximum Gasteiger partial charge on any atom is 0.318 e. The van der Waals surface area contributed by atoms with Crippen molar-refractivity contribution in [1.82, 2.24) is 10.2 Å². The molecule has 0 unspecified atom stereocenters. The number of hydrogen-bond donors (Lipinski definition) is 0. The molecular formula is C15H19N3O3. The Morgan fingerprint density at radius 3 is 2.76 bits per heavy atom. The van der Waals surface area contributed by atoms with Gasteiger partial charge < -0.3 is 18.8 Å². The lowest BCUT2D eigenvalue weighted by Crippen LogP contribution is -2.19. The van der Waals surface area contributed by atoms with Crippen LogP contribution in [-0.4, -0.2) is 37.5 Å². The van der Waals surface area contributed by atoms with E-state index in [1.54, 1.807) is 21.1 Å². The predicted molar refractivity (Wildman–Crippen MR) is 78.2 cm³/mol. The van der Waals surface area contributed by atoms with Crippen LogP contribution >= 0.6 is 0 Å². The van der Waals surface area contributed by atoms with Gasteiger partial charge in [-0.05, 0) is 24.6 Å². The predicted octanol–water partition coefficient (Wildman–Crippen LogP) is 2.39. The summed E-state index contributed by atoms with van der Waals surface area (Å²) in [6.07, 6.45) is 1.02. The van der Waals surface area contributed by atoms with Crippen LogP contribution in [-0.2, 0) is 0 Å². The van der Waals surface area contributed by atoms with E-state index < -0.39 is 0 Å². The van der Waals surface area contributed by atoms with Crippen molar-refractivity contribution in [2.75, 3.05) is 32.2 Å². The van der Waals surface area contributed by atoms with Gasteiger partial charge in [-0.3, -0.25) is 0 Å². The van der Waals surface area contributed by atoms with Gasteiger partial charge >= 0.3 is 6.01 Å². The molecule has 0 amide bonds. The SMILES string of the molecule is COc1ccc(OC)c([C@@H]2CCN(c3nnc(C)o3)C2)c1. The van der Waals surface area contributed by atoms with E-state index in [0.29, 0.717) is 17.8 Å². The van der Waals surface area contributed by atoms with Gasteiger partial charge in [-0.15, -0.1) is 5.10 Å². The van der Waals surface area contributed by atoms with Gasteiger partial charge in [0.2, 0.25) is 5.89 Å². The highest BCUT2D eigenvalue weighted by molar-refractivity contribution is 5.45. The number of nitrogens with zero attached hydrogens (tertiary/aromatic N) is 3. The van der Waals surface area contributed by atoms with Gasteiger partial charge in [0.1, 0.15) is 11.5 Å². The van der Waals surface area contributed by atoms with Crippen molar-refractivity contribution in [3.63, 3.8) is 0 Å². The summed E-state index contributed by atoms with van der Waals surface area (Å²) in [5, 5.41) is 7.97. The molecule has 0 spiro atoms. The molecule has 1 aliphatic heterocycles. The first-order valence-electron chi connectivity index (χ1n) is 6.98. The number of rotatable bonds is 4. The summed E-state index contributed by atoms with van der Waals surface area (Å²) in [5.41, 5.74) is 1.16. The zero-order chi connectivity index (χ0) is 14.8. The second-order valence-corrected chi connectivity index (χ2v) is 5.14. The van der Waals surface area contributed by atoms with Crippen molar-refractivity contribution >= 4 is 6.01 Å². The molecule has 1 atom stereocenters. The minimum absolute atomic E-state index is 0.363. The highest BCUT2D eigenvalue weighted by Gasteiger charge is 2.29. The standard InChI is InChI=1S/C15H19N3O3/c1-10-16-17-15(21-10)18-7-6-11(9-18)13-8-12(19-2)4-5-14(13)20-3/h4-5,8,11H,6-7,9H2,1-3H3/t11-/m1/s1. The Labute approximate surface area is 123 Å². The van der Waals surface area contributed by atoms with Crippen molar-refractivity contribution in [2.45, 2.75) is 19.3 Å². The van der Waals surface area contributed by atoms with Crippen LogP contribution in [0, 0.1) is 6.92 Å². The molecule has 1 fully saturated rings. The van der Waals surface area contributed by atoms with Crippen LogP contribution in [0.4, 0.5) is 6.01 Å². The van der Waals surface area contributed by atoms with E-state index in [-0.39, 0.29) is 0 Å². The maximum atomic E-state index is 5.50. The molecule has 2 heterocycles. The van der Waals surface area contributed by atoms with E-state index in [1.165, 1.54) is 0 Å². The maximum absolute atomic E-state index is 5.50. The van der Waals surface area contributed by atoms with Gasteiger partial charge in [0.05, 0.1) is 14.2 Å².